The summed E-state index contributed by atoms with van der Waals surface area (Å²) < 4.78 is 0. The molecule has 18 heavy (non-hydrogen) atoms. The summed E-state index contributed by atoms with van der Waals surface area (Å²) in [5, 5.41) is 5.83. The Balaban J connectivity index is 4.43. The van der Waals surface area contributed by atoms with Crippen molar-refractivity contribution in [2.45, 2.75) is 66.3 Å². The van der Waals surface area contributed by atoms with Crippen LogP contribution in [-0.4, -0.2) is 23.9 Å². The smallest absolute Gasteiger partial charge is 0.225 e. The zero-order valence-electron chi connectivity index (χ0n) is 12.6. The first-order chi connectivity index (χ1) is 8.10. The van der Waals surface area contributed by atoms with Crippen molar-refractivity contribution in [2.24, 2.45) is 5.41 Å². The van der Waals surface area contributed by atoms with E-state index in [4.69, 9.17) is 0 Å². The van der Waals surface area contributed by atoms with Crippen molar-refractivity contribution in [2.75, 3.05) is 6.54 Å². The Hall–Kier alpha value is -1.06. The molecule has 0 atom stereocenters. The number of carbonyl (C=O) groups excluding carboxylic acids is 2. The molecule has 0 aromatic heterocycles. The zero-order chi connectivity index (χ0) is 14.4. The van der Waals surface area contributed by atoms with Crippen LogP contribution in [0.3, 0.4) is 0 Å². The van der Waals surface area contributed by atoms with Crippen LogP contribution in [-0.2, 0) is 9.59 Å². The minimum atomic E-state index is -0.486. The maximum atomic E-state index is 12.1. The molecule has 0 bridgehead atoms. The molecule has 0 spiro atoms. The highest BCUT2D eigenvalue weighted by atomic mass is 16.2. The highest BCUT2D eigenvalue weighted by molar-refractivity contribution is 5.82. The molecule has 0 aromatic rings. The first-order valence-electron chi connectivity index (χ1n) is 6.68. The standard InChI is InChI=1S/C14H28N2O2/c1-7-8-9-15-12(18)13(3,4)10-14(5,6)16-11(2)17/h7-10H2,1-6H3,(H,15,18)(H,16,17). The molecule has 0 aliphatic carbocycles. The Kier molecular flexibility index (Phi) is 6.36. The van der Waals surface area contributed by atoms with E-state index in [0.29, 0.717) is 6.42 Å². The summed E-state index contributed by atoms with van der Waals surface area (Å²) in [4.78, 5) is 23.2. The molecule has 106 valence electrons. The van der Waals surface area contributed by atoms with Gasteiger partial charge in [0.15, 0.2) is 0 Å². The van der Waals surface area contributed by atoms with Crippen molar-refractivity contribution in [3.05, 3.63) is 0 Å². The van der Waals surface area contributed by atoms with Gasteiger partial charge in [0.05, 0.1) is 0 Å². The zero-order valence-corrected chi connectivity index (χ0v) is 12.6. The van der Waals surface area contributed by atoms with E-state index >= 15 is 0 Å². The Morgan fingerprint density at radius 2 is 1.67 bits per heavy atom. The van der Waals surface area contributed by atoms with Gasteiger partial charge in [-0.1, -0.05) is 27.2 Å². The van der Waals surface area contributed by atoms with Crippen molar-refractivity contribution >= 4 is 11.8 Å². The van der Waals surface area contributed by atoms with Crippen LogP contribution in [0.15, 0.2) is 0 Å². The van der Waals surface area contributed by atoms with E-state index in [9.17, 15) is 9.59 Å². The maximum Gasteiger partial charge on any atom is 0.225 e. The summed E-state index contributed by atoms with van der Waals surface area (Å²) in [7, 11) is 0. The molecule has 4 heteroatoms. The lowest BCUT2D eigenvalue weighted by Gasteiger charge is -2.34. The maximum absolute atomic E-state index is 12.1. The number of amides is 2. The second-order valence-electron chi connectivity index (χ2n) is 6.24. The molecule has 0 fully saturated rings. The summed E-state index contributed by atoms with van der Waals surface area (Å²) in [5.41, 5.74) is -0.864. The Morgan fingerprint density at radius 1 is 1.11 bits per heavy atom. The third-order valence-corrected chi connectivity index (χ3v) is 2.83. The van der Waals surface area contributed by atoms with Gasteiger partial charge >= 0.3 is 0 Å². The molecule has 0 rings (SSSR count). The molecule has 0 saturated carbocycles. The second kappa shape index (κ2) is 6.76. The van der Waals surface area contributed by atoms with Gasteiger partial charge in [0.25, 0.3) is 0 Å². The molecular formula is C14H28N2O2. The molecule has 0 unspecified atom stereocenters. The molecule has 2 amide bonds. The minimum absolute atomic E-state index is 0.0503. The van der Waals surface area contributed by atoms with E-state index in [1.807, 2.05) is 27.7 Å². The number of hydrogen-bond acceptors (Lipinski definition) is 2. The predicted octanol–water partition coefficient (Wildman–Crippen LogP) is 2.23. The molecule has 0 aliphatic heterocycles. The van der Waals surface area contributed by atoms with Crippen molar-refractivity contribution in [3.63, 3.8) is 0 Å². The lowest BCUT2D eigenvalue weighted by atomic mass is 9.79. The van der Waals surface area contributed by atoms with E-state index in [1.54, 1.807) is 0 Å². The van der Waals surface area contributed by atoms with Gasteiger partial charge in [-0.3, -0.25) is 9.59 Å². The first-order valence-corrected chi connectivity index (χ1v) is 6.68. The van der Waals surface area contributed by atoms with E-state index in [2.05, 4.69) is 17.6 Å². The van der Waals surface area contributed by atoms with Crippen LogP contribution in [0, 0.1) is 5.41 Å². The summed E-state index contributed by atoms with van der Waals surface area (Å²) in [6.45, 7) is 12.0. The van der Waals surface area contributed by atoms with E-state index in [0.717, 1.165) is 19.4 Å². The van der Waals surface area contributed by atoms with E-state index < -0.39 is 5.41 Å². The van der Waals surface area contributed by atoms with Gasteiger partial charge in [-0.15, -0.1) is 0 Å². The monoisotopic (exact) mass is 256 g/mol. The van der Waals surface area contributed by atoms with Gasteiger partial charge < -0.3 is 10.6 Å². The molecule has 0 heterocycles. The fourth-order valence-corrected chi connectivity index (χ4v) is 2.32. The van der Waals surface area contributed by atoms with Gasteiger partial charge in [-0.05, 0) is 26.7 Å². The molecule has 0 saturated heterocycles. The molecule has 0 aliphatic rings. The highest BCUT2D eigenvalue weighted by Crippen LogP contribution is 2.28. The SMILES string of the molecule is CCCCNC(=O)C(C)(C)CC(C)(C)NC(C)=O. The van der Waals surface area contributed by atoms with Crippen LogP contribution >= 0.6 is 0 Å². The van der Waals surface area contributed by atoms with Gasteiger partial charge in [-0.25, -0.2) is 0 Å². The van der Waals surface area contributed by atoms with Crippen molar-refractivity contribution in [1.82, 2.24) is 10.6 Å². The van der Waals surface area contributed by atoms with Crippen LogP contribution in [0.1, 0.15) is 60.8 Å². The summed E-state index contributed by atoms with van der Waals surface area (Å²) in [6.07, 6.45) is 2.67. The lowest BCUT2D eigenvalue weighted by molar-refractivity contribution is -0.131. The van der Waals surface area contributed by atoms with Crippen molar-refractivity contribution in [1.29, 1.82) is 0 Å². The molecule has 2 N–H and O–H groups in total. The second-order valence-corrected chi connectivity index (χ2v) is 6.24. The fourth-order valence-electron chi connectivity index (χ4n) is 2.32. The van der Waals surface area contributed by atoms with Crippen LogP contribution in [0.4, 0.5) is 0 Å². The summed E-state index contributed by atoms with van der Waals surface area (Å²) in [5.74, 6) is -0.0171. The highest BCUT2D eigenvalue weighted by Gasteiger charge is 2.34. The summed E-state index contributed by atoms with van der Waals surface area (Å²) >= 11 is 0. The van der Waals surface area contributed by atoms with E-state index in [1.165, 1.54) is 6.92 Å². The van der Waals surface area contributed by atoms with Crippen molar-refractivity contribution in [3.8, 4) is 0 Å². The average molecular weight is 256 g/mol. The topological polar surface area (TPSA) is 58.2 Å². The Labute approximate surface area is 111 Å². The molecule has 0 radical (unpaired) electrons. The van der Waals surface area contributed by atoms with Gasteiger partial charge in [0.1, 0.15) is 0 Å². The average Bonchev–Trinajstić information content (AvgIpc) is 2.13. The normalized spacial score (nSPS) is 12.1. The van der Waals surface area contributed by atoms with Gasteiger partial charge in [-0.2, -0.15) is 0 Å². The van der Waals surface area contributed by atoms with Gasteiger partial charge in [0, 0.05) is 24.4 Å². The number of carbonyl (C=O) groups is 2. The van der Waals surface area contributed by atoms with E-state index in [-0.39, 0.29) is 17.4 Å². The van der Waals surface area contributed by atoms with Gasteiger partial charge in [0.2, 0.25) is 11.8 Å². The number of hydrogen-bond donors (Lipinski definition) is 2. The first kappa shape index (κ1) is 16.9. The molecule has 4 nitrogen and oxygen atoms in total. The van der Waals surface area contributed by atoms with Crippen molar-refractivity contribution < 1.29 is 9.59 Å². The van der Waals surface area contributed by atoms with Crippen LogP contribution in [0.5, 0.6) is 0 Å². The quantitative estimate of drug-likeness (QED) is 0.686. The molecule has 0 aromatic carbocycles. The number of nitrogens with one attached hydrogen (secondary N) is 2. The summed E-state index contributed by atoms with van der Waals surface area (Å²) in [6, 6.07) is 0. The van der Waals surface area contributed by atoms with Crippen LogP contribution < -0.4 is 10.6 Å². The lowest BCUT2D eigenvalue weighted by Crippen LogP contribution is -2.49. The molecular weight excluding hydrogens is 228 g/mol. The fraction of sp³-hybridized carbons (Fsp3) is 0.857. The number of rotatable bonds is 7. The van der Waals surface area contributed by atoms with Crippen LogP contribution in [0.2, 0.25) is 0 Å². The minimum Gasteiger partial charge on any atom is -0.356 e. The number of unbranched alkanes of at least 4 members (excludes halogenated alkanes) is 1. The Bertz CT molecular complexity index is 296. The third-order valence-electron chi connectivity index (χ3n) is 2.83. The Morgan fingerprint density at radius 3 is 2.11 bits per heavy atom. The van der Waals surface area contributed by atoms with Crippen LogP contribution in [0.25, 0.3) is 0 Å². The largest absolute Gasteiger partial charge is 0.356 e. The third kappa shape index (κ3) is 6.62. The predicted molar refractivity (Wildman–Crippen MR) is 74.2 cm³/mol.